The summed E-state index contributed by atoms with van der Waals surface area (Å²) in [6.45, 7) is 0.593. The Morgan fingerprint density at radius 2 is 1.90 bits per heavy atom. The minimum atomic E-state index is -4.45. The maximum absolute atomic E-state index is 12.3. The second kappa shape index (κ2) is 7.86. The molecule has 31 heavy (non-hydrogen) atoms. The second-order valence-corrected chi connectivity index (χ2v) is 7.23. The molecule has 0 saturated carbocycles. The number of aromatic nitrogens is 5. The largest absolute Gasteiger partial charge is 0.405 e. The normalized spacial score (nSPS) is 11.8. The zero-order valence-corrected chi connectivity index (χ0v) is 16.8. The highest BCUT2D eigenvalue weighted by molar-refractivity contribution is 5.94. The molecule has 7 nitrogen and oxygen atoms in total. The summed E-state index contributed by atoms with van der Waals surface area (Å²) in [7, 11) is 1.80. The van der Waals surface area contributed by atoms with Crippen LogP contribution in [-0.2, 0) is 13.5 Å². The Bertz CT molecular complexity index is 1240. The van der Waals surface area contributed by atoms with E-state index in [1.807, 2.05) is 24.4 Å². The zero-order chi connectivity index (χ0) is 22.2. The van der Waals surface area contributed by atoms with Crippen LogP contribution in [0.2, 0.25) is 0 Å². The van der Waals surface area contributed by atoms with Gasteiger partial charge in [0.2, 0.25) is 0 Å². The minimum absolute atomic E-state index is 0.132. The average Bonchev–Trinajstić information content (AvgIpc) is 3.28. The lowest BCUT2D eigenvalue weighted by atomic mass is 10.1. The Balaban J connectivity index is 1.50. The third kappa shape index (κ3) is 4.57. The number of carbonyl (C=O) groups is 1. The van der Waals surface area contributed by atoms with Crippen molar-refractivity contribution in [1.29, 1.82) is 0 Å². The van der Waals surface area contributed by atoms with Crippen LogP contribution in [0.25, 0.3) is 22.3 Å². The van der Waals surface area contributed by atoms with Crippen molar-refractivity contribution < 1.29 is 18.0 Å². The summed E-state index contributed by atoms with van der Waals surface area (Å²) in [5.74, 6) is 0.436. The van der Waals surface area contributed by atoms with Crippen LogP contribution in [0, 0.1) is 6.92 Å². The van der Waals surface area contributed by atoms with Crippen molar-refractivity contribution in [1.82, 2.24) is 30.3 Å². The lowest BCUT2D eigenvalue weighted by molar-refractivity contribution is -0.123. The van der Waals surface area contributed by atoms with Gasteiger partial charge in [-0.15, -0.1) is 0 Å². The number of amides is 1. The molecule has 4 rings (SSSR count). The van der Waals surface area contributed by atoms with Gasteiger partial charge in [-0.25, -0.2) is 4.98 Å². The van der Waals surface area contributed by atoms with Crippen molar-refractivity contribution in [2.45, 2.75) is 19.5 Å². The van der Waals surface area contributed by atoms with Crippen LogP contribution in [-0.4, -0.2) is 43.6 Å². The van der Waals surface area contributed by atoms with Gasteiger partial charge in [-0.2, -0.15) is 23.4 Å². The molecule has 2 aromatic carbocycles. The number of hydrogen-bond donors (Lipinski definition) is 2. The SMILES string of the molecule is Cc1[nH]nc2ccc(Cc3nc(-c4ccc(C(=O)NCC(F)(F)F)cc4)nn3C)cc12. The highest BCUT2D eigenvalue weighted by Crippen LogP contribution is 2.21. The number of aromatic amines is 1. The molecule has 4 aromatic rings. The molecule has 0 bridgehead atoms. The van der Waals surface area contributed by atoms with Gasteiger partial charge in [0.15, 0.2) is 5.82 Å². The van der Waals surface area contributed by atoms with Gasteiger partial charge in [0.1, 0.15) is 12.4 Å². The molecule has 0 spiro atoms. The van der Waals surface area contributed by atoms with Gasteiger partial charge < -0.3 is 5.32 Å². The summed E-state index contributed by atoms with van der Waals surface area (Å²) < 4.78 is 38.5. The summed E-state index contributed by atoms with van der Waals surface area (Å²) >= 11 is 0. The van der Waals surface area contributed by atoms with Crippen LogP contribution >= 0.6 is 0 Å². The number of benzene rings is 2. The van der Waals surface area contributed by atoms with Gasteiger partial charge in [-0.1, -0.05) is 18.2 Å². The fraction of sp³-hybridized carbons (Fsp3) is 0.238. The molecule has 160 valence electrons. The van der Waals surface area contributed by atoms with Crippen molar-refractivity contribution >= 4 is 16.8 Å². The molecule has 2 aromatic heterocycles. The monoisotopic (exact) mass is 428 g/mol. The average molecular weight is 428 g/mol. The summed E-state index contributed by atoms with van der Waals surface area (Å²) in [6, 6.07) is 12.1. The number of alkyl halides is 3. The standard InChI is InChI=1S/C21H19F3N6O/c1-12-16-9-13(3-8-17(16)28-27-12)10-18-26-19(29-30(18)2)14-4-6-15(7-5-14)20(31)25-11-21(22,23)24/h3-9H,10-11H2,1-2H3,(H,25,31)(H,27,28). The van der Waals surface area contributed by atoms with Gasteiger partial charge in [0, 0.05) is 35.7 Å². The van der Waals surface area contributed by atoms with Gasteiger partial charge in [0.05, 0.1) is 5.52 Å². The fourth-order valence-electron chi connectivity index (χ4n) is 3.22. The van der Waals surface area contributed by atoms with E-state index < -0.39 is 18.6 Å². The highest BCUT2D eigenvalue weighted by atomic mass is 19.4. The molecule has 0 unspecified atom stereocenters. The molecule has 2 N–H and O–H groups in total. The number of nitrogens with zero attached hydrogens (tertiary/aromatic N) is 4. The Morgan fingerprint density at radius 3 is 2.61 bits per heavy atom. The summed E-state index contributed by atoms with van der Waals surface area (Å²) in [6.07, 6.45) is -3.88. The lowest BCUT2D eigenvalue weighted by Crippen LogP contribution is -2.33. The van der Waals surface area contributed by atoms with E-state index in [0.717, 1.165) is 28.0 Å². The van der Waals surface area contributed by atoms with E-state index in [1.165, 1.54) is 12.1 Å². The van der Waals surface area contributed by atoms with E-state index in [9.17, 15) is 18.0 Å². The molecule has 2 heterocycles. The van der Waals surface area contributed by atoms with Gasteiger partial charge in [-0.3, -0.25) is 14.6 Å². The number of hydrogen-bond acceptors (Lipinski definition) is 4. The summed E-state index contributed by atoms with van der Waals surface area (Å²) in [4.78, 5) is 16.4. The molecule has 0 aliphatic heterocycles. The first kappa shape index (κ1) is 20.6. The van der Waals surface area contributed by atoms with Crippen LogP contribution in [0.4, 0.5) is 13.2 Å². The van der Waals surface area contributed by atoms with Crippen molar-refractivity contribution in [2.24, 2.45) is 7.05 Å². The molecule has 0 fully saturated rings. The lowest BCUT2D eigenvalue weighted by Gasteiger charge is -2.08. The van der Waals surface area contributed by atoms with Crippen LogP contribution in [0.5, 0.6) is 0 Å². The first-order valence-electron chi connectivity index (χ1n) is 9.48. The van der Waals surface area contributed by atoms with Gasteiger partial charge in [-0.05, 0) is 36.8 Å². The van der Waals surface area contributed by atoms with E-state index in [1.54, 1.807) is 23.9 Å². The Morgan fingerprint density at radius 1 is 1.16 bits per heavy atom. The van der Waals surface area contributed by atoms with Crippen LogP contribution in [0.3, 0.4) is 0 Å². The maximum atomic E-state index is 12.3. The number of halogens is 3. The van der Waals surface area contributed by atoms with Crippen LogP contribution in [0.1, 0.15) is 27.4 Å². The third-order valence-electron chi connectivity index (χ3n) is 4.88. The number of fused-ring (bicyclic) bond motifs is 1. The fourth-order valence-corrected chi connectivity index (χ4v) is 3.22. The summed E-state index contributed by atoms with van der Waals surface area (Å²) in [5.41, 5.74) is 3.76. The van der Waals surface area contributed by atoms with Crippen LogP contribution < -0.4 is 5.32 Å². The molecular formula is C21H19F3N6O. The highest BCUT2D eigenvalue weighted by Gasteiger charge is 2.27. The number of carbonyl (C=O) groups excluding carboxylic acids is 1. The van der Waals surface area contributed by atoms with Crippen molar-refractivity contribution in [3.63, 3.8) is 0 Å². The minimum Gasteiger partial charge on any atom is -0.343 e. The van der Waals surface area contributed by atoms with E-state index in [4.69, 9.17) is 0 Å². The molecule has 0 aliphatic rings. The van der Waals surface area contributed by atoms with Crippen LogP contribution in [0.15, 0.2) is 42.5 Å². The summed E-state index contributed by atoms with van der Waals surface area (Å²) in [5, 5.41) is 14.5. The second-order valence-electron chi connectivity index (χ2n) is 7.23. The van der Waals surface area contributed by atoms with E-state index >= 15 is 0 Å². The van der Waals surface area contributed by atoms with Crippen molar-refractivity contribution in [2.75, 3.05) is 6.54 Å². The molecule has 0 saturated heterocycles. The number of rotatable bonds is 5. The smallest absolute Gasteiger partial charge is 0.343 e. The first-order valence-corrected chi connectivity index (χ1v) is 9.48. The Hall–Kier alpha value is -3.69. The van der Waals surface area contributed by atoms with Gasteiger partial charge >= 0.3 is 6.18 Å². The number of aryl methyl sites for hydroxylation is 2. The number of nitrogens with one attached hydrogen (secondary N) is 2. The first-order chi connectivity index (χ1) is 14.7. The van der Waals surface area contributed by atoms with E-state index in [-0.39, 0.29) is 5.56 Å². The molecular weight excluding hydrogens is 409 g/mol. The Labute approximate surface area is 175 Å². The topological polar surface area (TPSA) is 88.5 Å². The predicted octanol–water partition coefficient (Wildman–Crippen LogP) is 3.55. The molecule has 0 atom stereocenters. The van der Waals surface area contributed by atoms with Gasteiger partial charge in [0.25, 0.3) is 5.91 Å². The predicted molar refractivity (Wildman–Crippen MR) is 108 cm³/mol. The Kier molecular flexibility index (Phi) is 5.22. The maximum Gasteiger partial charge on any atom is 0.405 e. The molecule has 1 amide bonds. The zero-order valence-electron chi connectivity index (χ0n) is 16.8. The van der Waals surface area contributed by atoms with Crippen molar-refractivity contribution in [3.8, 4) is 11.4 Å². The molecule has 0 radical (unpaired) electrons. The third-order valence-corrected chi connectivity index (χ3v) is 4.88. The molecule has 10 heteroatoms. The van der Waals surface area contributed by atoms with E-state index in [2.05, 4.69) is 26.3 Å². The number of H-pyrrole nitrogens is 1. The molecule has 0 aliphatic carbocycles. The van der Waals surface area contributed by atoms with E-state index in [0.29, 0.717) is 17.8 Å². The quantitative estimate of drug-likeness (QED) is 0.509. The van der Waals surface area contributed by atoms with Crippen molar-refractivity contribution in [3.05, 3.63) is 65.1 Å².